The Kier molecular flexibility index (Phi) is 5.94. The topological polar surface area (TPSA) is 45.2 Å². The zero-order chi connectivity index (χ0) is 25.7. The lowest BCUT2D eigenvalue weighted by molar-refractivity contribution is 0.885. The van der Waals surface area contributed by atoms with E-state index in [1.54, 1.807) is 0 Å². The molecule has 1 saturated carbocycles. The Balaban J connectivity index is 1.46. The van der Waals surface area contributed by atoms with Gasteiger partial charge in [-0.15, -0.1) is 0 Å². The molecule has 3 aromatic rings. The van der Waals surface area contributed by atoms with Gasteiger partial charge < -0.3 is 9.80 Å². The van der Waals surface area contributed by atoms with Crippen molar-refractivity contribution >= 4 is 40.1 Å². The Morgan fingerprint density at radius 3 is 2.70 bits per heavy atom. The van der Waals surface area contributed by atoms with E-state index in [4.69, 9.17) is 15.0 Å². The molecule has 3 unspecified atom stereocenters. The molecule has 5 heteroatoms. The average molecular weight is 490 g/mol. The van der Waals surface area contributed by atoms with Gasteiger partial charge in [-0.25, -0.2) is 15.0 Å². The molecule has 2 aromatic heterocycles. The number of rotatable bonds is 6. The maximum Gasteiger partial charge on any atom is 0.155 e. The van der Waals surface area contributed by atoms with Gasteiger partial charge in [0.2, 0.25) is 0 Å². The molecule has 0 amide bonds. The third-order valence-electron chi connectivity index (χ3n) is 8.08. The fourth-order valence-electron chi connectivity index (χ4n) is 6.12. The van der Waals surface area contributed by atoms with Crippen LogP contribution in [0.3, 0.4) is 0 Å². The summed E-state index contributed by atoms with van der Waals surface area (Å²) in [4.78, 5) is 19.6. The van der Waals surface area contributed by atoms with Crippen molar-refractivity contribution in [1.82, 2.24) is 15.0 Å². The molecule has 0 spiro atoms. The highest BCUT2D eigenvalue weighted by Crippen LogP contribution is 2.57. The molecule has 3 atom stereocenters. The number of aromatic nitrogens is 3. The van der Waals surface area contributed by atoms with Gasteiger partial charge in [-0.3, -0.25) is 0 Å². The fourth-order valence-corrected chi connectivity index (χ4v) is 6.12. The Hall–Kier alpha value is -3.73. The summed E-state index contributed by atoms with van der Waals surface area (Å²) in [5.74, 6) is 3.58. The van der Waals surface area contributed by atoms with Gasteiger partial charge in [0, 0.05) is 43.9 Å². The second kappa shape index (κ2) is 9.29. The van der Waals surface area contributed by atoms with Gasteiger partial charge in [0.05, 0.1) is 22.6 Å². The van der Waals surface area contributed by atoms with Gasteiger partial charge in [0.15, 0.2) is 5.82 Å². The van der Waals surface area contributed by atoms with Crippen LogP contribution in [0.1, 0.15) is 50.0 Å². The molecule has 1 fully saturated rings. The quantitative estimate of drug-likeness (QED) is 0.382. The molecule has 37 heavy (non-hydrogen) atoms. The van der Waals surface area contributed by atoms with Crippen LogP contribution < -0.4 is 9.80 Å². The highest BCUT2D eigenvalue weighted by molar-refractivity contribution is 5.95. The van der Waals surface area contributed by atoms with Crippen molar-refractivity contribution in [1.29, 1.82) is 0 Å². The molecule has 0 radical (unpaired) electrons. The molecule has 0 bridgehead atoms. The fraction of sp³-hybridized carbons (Fsp3) is 0.344. The van der Waals surface area contributed by atoms with Crippen LogP contribution in [0.2, 0.25) is 0 Å². The first-order valence-electron chi connectivity index (χ1n) is 13.4. The van der Waals surface area contributed by atoms with Gasteiger partial charge in [-0.05, 0) is 66.9 Å². The standard InChI is InChI=1S/C32H35N5/c1-6-22-26(33-25-12-8-7-11-24(25)32(22)36(4)5)15-16-28-34-27(19-29(35-28)37-17-9-10-18-37)30-20(2)13-14-23-21(3)31(23)30/h7-9,11-17,19,21,23,31H,6,10,18H2,1-5H3. The SMILES string of the molecule is CCc1c(C=Cc2nc(C3=C(C)C=CC4C(C)C34)cc(N3C=CCC3)n2)nc2ccccc2c1N(C)C. The Bertz CT molecular complexity index is 1490. The zero-order valence-corrected chi connectivity index (χ0v) is 22.4. The number of pyridine rings is 1. The van der Waals surface area contributed by atoms with Crippen molar-refractivity contribution in [2.75, 3.05) is 30.4 Å². The number of hydrogen-bond acceptors (Lipinski definition) is 5. The Labute approximate surface area is 220 Å². The molecule has 2 aliphatic carbocycles. The van der Waals surface area contributed by atoms with Crippen molar-refractivity contribution in [3.05, 3.63) is 83.1 Å². The summed E-state index contributed by atoms with van der Waals surface area (Å²) in [6, 6.07) is 10.6. The highest BCUT2D eigenvalue weighted by Gasteiger charge is 2.49. The van der Waals surface area contributed by atoms with Gasteiger partial charge in [-0.1, -0.05) is 50.3 Å². The predicted molar refractivity (Wildman–Crippen MR) is 155 cm³/mol. The van der Waals surface area contributed by atoms with Crippen LogP contribution >= 0.6 is 0 Å². The van der Waals surface area contributed by atoms with Crippen LogP contribution in [0.15, 0.2) is 60.3 Å². The van der Waals surface area contributed by atoms with Gasteiger partial charge in [0.25, 0.3) is 0 Å². The number of anilines is 2. The number of hydrogen-bond donors (Lipinski definition) is 0. The molecule has 188 valence electrons. The lowest BCUT2D eigenvalue weighted by Gasteiger charge is -2.21. The second-order valence-electron chi connectivity index (χ2n) is 10.7. The monoisotopic (exact) mass is 489 g/mol. The van der Waals surface area contributed by atoms with Crippen molar-refractivity contribution in [2.45, 2.75) is 33.6 Å². The summed E-state index contributed by atoms with van der Waals surface area (Å²) >= 11 is 0. The summed E-state index contributed by atoms with van der Waals surface area (Å²) in [6.07, 6.45) is 15.1. The third kappa shape index (κ3) is 4.16. The van der Waals surface area contributed by atoms with Crippen LogP contribution in [-0.2, 0) is 6.42 Å². The summed E-state index contributed by atoms with van der Waals surface area (Å²) in [5.41, 5.74) is 8.22. The minimum Gasteiger partial charge on any atom is -0.377 e. The van der Waals surface area contributed by atoms with Crippen molar-refractivity contribution < 1.29 is 0 Å². The minimum atomic E-state index is 0.565. The van der Waals surface area contributed by atoms with E-state index >= 15 is 0 Å². The average Bonchev–Trinajstić information content (AvgIpc) is 3.28. The molecule has 1 aliphatic heterocycles. The highest BCUT2D eigenvalue weighted by atomic mass is 15.2. The molecular weight excluding hydrogens is 454 g/mol. The van der Waals surface area contributed by atoms with Gasteiger partial charge in [0.1, 0.15) is 5.82 Å². The normalized spacial score (nSPS) is 22.4. The summed E-state index contributed by atoms with van der Waals surface area (Å²) in [6.45, 7) is 7.72. The van der Waals surface area contributed by atoms with Gasteiger partial charge >= 0.3 is 0 Å². The molecule has 3 aliphatic rings. The van der Waals surface area contributed by atoms with E-state index in [0.717, 1.165) is 47.9 Å². The van der Waals surface area contributed by atoms with Crippen LogP contribution in [0.4, 0.5) is 11.5 Å². The minimum absolute atomic E-state index is 0.565. The van der Waals surface area contributed by atoms with Crippen LogP contribution in [-0.4, -0.2) is 35.6 Å². The van der Waals surface area contributed by atoms with E-state index in [-0.39, 0.29) is 0 Å². The van der Waals surface area contributed by atoms with Gasteiger partial charge in [-0.2, -0.15) is 0 Å². The number of benzene rings is 1. The van der Waals surface area contributed by atoms with E-state index in [1.807, 2.05) is 6.08 Å². The Morgan fingerprint density at radius 1 is 1.11 bits per heavy atom. The maximum absolute atomic E-state index is 5.10. The zero-order valence-electron chi connectivity index (χ0n) is 22.4. The van der Waals surface area contributed by atoms with Crippen LogP contribution in [0.25, 0.3) is 28.6 Å². The summed E-state index contributed by atoms with van der Waals surface area (Å²) < 4.78 is 0. The number of nitrogens with zero attached hydrogens (tertiary/aromatic N) is 5. The molecule has 5 nitrogen and oxygen atoms in total. The maximum atomic E-state index is 5.10. The number of fused-ring (bicyclic) bond motifs is 2. The molecule has 0 saturated heterocycles. The smallest absolute Gasteiger partial charge is 0.155 e. The van der Waals surface area contributed by atoms with Crippen molar-refractivity contribution in [3.8, 4) is 0 Å². The van der Waals surface area contributed by atoms with Crippen molar-refractivity contribution in [2.24, 2.45) is 17.8 Å². The lowest BCUT2D eigenvalue weighted by atomic mass is 9.95. The molecular formula is C32H35N5. The molecule has 6 rings (SSSR count). The van der Waals surface area contributed by atoms with E-state index < -0.39 is 0 Å². The third-order valence-corrected chi connectivity index (χ3v) is 8.08. The summed E-state index contributed by atoms with van der Waals surface area (Å²) in [7, 11) is 4.22. The van der Waals surface area contributed by atoms with Crippen LogP contribution in [0, 0.1) is 17.8 Å². The largest absolute Gasteiger partial charge is 0.377 e. The van der Waals surface area contributed by atoms with E-state index in [0.29, 0.717) is 17.8 Å². The number of allylic oxidation sites excluding steroid dienone is 4. The van der Waals surface area contributed by atoms with E-state index in [1.165, 1.54) is 27.8 Å². The van der Waals surface area contributed by atoms with Crippen molar-refractivity contribution in [3.63, 3.8) is 0 Å². The summed E-state index contributed by atoms with van der Waals surface area (Å²) in [5, 5.41) is 1.18. The molecule has 0 N–H and O–H groups in total. The predicted octanol–water partition coefficient (Wildman–Crippen LogP) is 6.77. The first kappa shape index (κ1) is 23.7. The molecule has 1 aromatic carbocycles. The second-order valence-corrected chi connectivity index (χ2v) is 10.7. The first-order valence-corrected chi connectivity index (χ1v) is 13.4. The first-order chi connectivity index (χ1) is 18.0. The lowest BCUT2D eigenvalue weighted by Crippen LogP contribution is -2.15. The van der Waals surface area contributed by atoms with E-state index in [2.05, 4.69) is 106 Å². The Morgan fingerprint density at radius 2 is 1.95 bits per heavy atom. The van der Waals surface area contributed by atoms with Crippen LogP contribution in [0.5, 0.6) is 0 Å². The number of para-hydroxylation sites is 1. The molecule has 3 heterocycles. The van der Waals surface area contributed by atoms with E-state index in [9.17, 15) is 0 Å².